The van der Waals surface area contributed by atoms with E-state index in [9.17, 15) is 4.79 Å². The van der Waals surface area contributed by atoms with Crippen LogP contribution >= 0.6 is 0 Å². The van der Waals surface area contributed by atoms with Gasteiger partial charge < -0.3 is 16.0 Å². The van der Waals surface area contributed by atoms with E-state index >= 15 is 0 Å². The first-order chi connectivity index (χ1) is 6.50. The monoisotopic (exact) mass is 199 g/mol. The maximum Gasteiger partial charge on any atom is 0.223 e. The fourth-order valence-electron chi connectivity index (χ4n) is 2.03. The highest BCUT2D eigenvalue weighted by Gasteiger charge is 2.31. The van der Waals surface area contributed by atoms with Gasteiger partial charge in [-0.05, 0) is 20.0 Å². The minimum Gasteiger partial charge on any atom is -0.369 e. The van der Waals surface area contributed by atoms with Gasteiger partial charge in [0, 0.05) is 18.6 Å². The van der Waals surface area contributed by atoms with E-state index in [1.165, 1.54) is 0 Å². The predicted octanol–water partition coefficient (Wildman–Crippen LogP) is -0.210. The van der Waals surface area contributed by atoms with Crippen LogP contribution in [0.25, 0.3) is 0 Å². The fraction of sp³-hybridized carbons (Fsp3) is 0.900. The van der Waals surface area contributed by atoms with Crippen molar-refractivity contribution in [3.63, 3.8) is 0 Å². The van der Waals surface area contributed by atoms with Crippen molar-refractivity contribution >= 4 is 5.91 Å². The lowest BCUT2D eigenvalue weighted by molar-refractivity contribution is -0.124. The molecule has 1 rings (SSSR count). The van der Waals surface area contributed by atoms with Gasteiger partial charge in [0.1, 0.15) is 0 Å². The lowest BCUT2D eigenvalue weighted by Crippen LogP contribution is -2.54. The highest BCUT2D eigenvalue weighted by atomic mass is 16.1. The number of nitrogens with zero attached hydrogens (tertiary/aromatic N) is 1. The number of hydrogen-bond acceptors (Lipinski definition) is 3. The number of carbonyl (C=O) groups excluding carboxylic acids is 1. The quantitative estimate of drug-likeness (QED) is 0.661. The Bertz CT molecular complexity index is 206. The Hall–Kier alpha value is -0.610. The van der Waals surface area contributed by atoms with E-state index < -0.39 is 0 Å². The van der Waals surface area contributed by atoms with Crippen molar-refractivity contribution in [2.45, 2.75) is 32.4 Å². The molecule has 0 aliphatic carbocycles. The molecule has 4 heteroatoms. The smallest absolute Gasteiger partial charge is 0.223 e. The van der Waals surface area contributed by atoms with Crippen molar-refractivity contribution in [1.82, 2.24) is 10.2 Å². The van der Waals surface area contributed by atoms with E-state index in [0.717, 1.165) is 19.5 Å². The molecule has 14 heavy (non-hydrogen) atoms. The lowest BCUT2D eigenvalue weighted by atomic mass is 9.91. The predicted molar refractivity (Wildman–Crippen MR) is 56.9 cm³/mol. The molecule has 1 amide bonds. The topological polar surface area (TPSA) is 58.4 Å². The number of hydrogen-bond donors (Lipinski definition) is 2. The summed E-state index contributed by atoms with van der Waals surface area (Å²) in [6, 6.07) is 0.661. The van der Waals surface area contributed by atoms with Gasteiger partial charge in [-0.15, -0.1) is 0 Å². The van der Waals surface area contributed by atoms with Crippen molar-refractivity contribution in [2.75, 3.05) is 20.1 Å². The fourth-order valence-corrected chi connectivity index (χ4v) is 2.03. The molecule has 2 unspecified atom stereocenters. The summed E-state index contributed by atoms with van der Waals surface area (Å²) in [6.45, 7) is 6.00. The number of primary amides is 1. The minimum absolute atomic E-state index is 0.0452. The van der Waals surface area contributed by atoms with Crippen LogP contribution < -0.4 is 11.1 Å². The molecule has 4 nitrogen and oxygen atoms in total. The number of carbonyl (C=O) groups is 1. The van der Waals surface area contributed by atoms with Crippen molar-refractivity contribution < 1.29 is 4.79 Å². The van der Waals surface area contributed by atoms with Gasteiger partial charge in [0.15, 0.2) is 0 Å². The zero-order valence-corrected chi connectivity index (χ0v) is 9.29. The molecule has 0 bridgehead atoms. The van der Waals surface area contributed by atoms with Crippen molar-refractivity contribution in [3.05, 3.63) is 0 Å². The Morgan fingerprint density at radius 2 is 2.21 bits per heavy atom. The molecule has 1 heterocycles. The molecule has 1 aliphatic heterocycles. The molecule has 1 saturated heterocycles. The maximum atomic E-state index is 11.2. The minimum atomic E-state index is -0.185. The molecule has 2 atom stereocenters. The molecule has 82 valence electrons. The Morgan fingerprint density at radius 3 is 2.71 bits per heavy atom. The third-order valence-electron chi connectivity index (χ3n) is 2.73. The zero-order valence-electron chi connectivity index (χ0n) is 9.29. The summed E-state index contributed by atoms with van der Waals surface area (Å²) < 4.78 is 0. The van der Waals surface area contributed by atoms with Crippen LogP contribution in [-0.2, 0) is 4.79 Å². The van der Waals surface area contributed by atoms with Crippen LogP contribution in [0.4, 0.5) is 0 Å². The Kier molecular flexibility index (Phi) is 3.89. The SMILES string of the molecule is CC(C)NC1CCN(C)CC1C(N)=O. The van der Waals surface area contributed by atoms with Crippen LogP contribution in [0.15, 0.2) is 0 Å². The van der Waals surface area contributed by atoms with Gasteiger partial charge in [-0.2, -0.15) is 0 Å². The Labute approximate surface area is 85.8 Å². The largest absolute Gasteiger partial charge is 0.369 e. The van der Waals surface area contributed by atoms with Crippen LogP contribution in [0.3, 0.4) is 0 Å². The first-order valence-electron chi connectivity index (χ1n) is 5.24. The summed E-state index contributed by atoms with van der Waals surface area (Å²) in [5.74, 6) is -0.231. The number of piperidine rings is 1. The van der Waals surface area contributed by atoms with Gasteiger partial charge in [-0.3, -0.25) is 4.79 Å². The Balaban J connectivity index is 2.58. The number of nitrogens with two attached hydrogens (primary N) is 1. The van der Waals surface area contributed by atoms with Crippen LogP contribution in [0, 0.1) is 5.92 Å². The lowest BCUT2D eigenvalue weighted by Gasteiger charge is -2.36. The van der Waals surface area contributed by atoms with Crippen LogP contribution in [0.1, 0.15) is 20.3 Å². The molecule has 0 saturated carbocycles. The van der Waals surface area contributed by atoms with Crippen LogP contribution in [-0.4, -0.2) is 43.0 Å². The van der Waals surface area contributed by atoms with Gasteiger partial charge in [-0.25, -0.2) is 0 Å². The molecule has 0 aromatic rings. The third-order valence-corrected chi connectivity index (χ3v) is 2.73. The van der Waals surface area contributed by atoms with E-state index in [1.807, 2.05) is 7.05 Å². The summed E-state index contributed by atoms with van der Waals surface area (Å²) >= 11 is 0. The number of nitrogens with one attached hydrogen (secondary N) is 1. The molecule has 3 N–H and O–H groups in total. The maximum absolute atomic E-state index is 11.2. The first kappa shape index (κ1) is 11.5. The summed E-state index contributed by atoms with van der Waals surface area (Å²) in [4.78, 5) is 13.4. The Morgan fingerprint density at radius 1 is 1.57 bits per heavy atom. The van der Waals surface area contributed by atoms with E-state index in [1.54, 1.807) is 0 Å². The van der Waals surface area contributed by atoms with Crippen molar-refractivity contribution in [3.8, 4) is 0 Å². The average molecular weight is 199 g/mol. The molecule has 1 aliphatic rings. The standard InChI is InChI=1S/C10H21N3O/c1-7(2)12-9-4-5-13(3)6-8(9)10(11)14/h7-9,12H,4-6H2,1-3H3,(H2,11,14). The van der Waals surface area contributed by atoms with E-state index in [4.69, 9.17) is 5.73 Å². The average Bonchev–Trinajstić information content (AvgIpc) is 2.07. The van der Waals surface area contributed by atoms with E-state index in [-0.39, 0.29) is 17.9 Å². The first-order valence-corrected chi connectivity index (χ1v) is 5.24. The summed E-state index contributed by atoms with van der Waals surface area (Å²) in [6.07, 6.45) is 1.00. The molecule has 0 radical (unpaired) electrons. The van der Waals surface area contributed by atoms with E-state index in [0.29, 0.717) is 6.04 Å². The highest BCUT2D eigenvalue weighted by molar-refractivity contribution is 5.77. The molecular weight excluding hydrogens is 178 g/mol. The molecule has 1 fully saturated rings. The molecule has 0 spiro atoms. The van der Waals surface area contributed by atoms with Crippen molar-refractivity contribution in [2.24, 2.45) is 11.7 Å². The van der Waals surface area contributed by atoms with Gasteiger partial charge in [0.05, 0.1) is 5.92 Å². The molecule has 0 aromatic carbocycles. The molecular formula is C10H21N3O. The normalized spacial score (nSPS) is 29.4. The summed E-state index contributed by atoms with van der Waals surface area (Å²) in [7, 11) is 2.03. The zero-order chi connectivity index (χ0) is 10.7. The molecule has 0 aromatic heterocycles. The summed E-state index contributed by atoms with van der Waals surface area (Å²) in [5.41, 5.74) is 5.39. The van der Waals surface area contributed by atoms with E-state index in [2.05, 4.69) is 24.1 Å². The second-order valence-corrected chi connectivity index (χ2v) is 4.49. The van der Waals surface area contributed by atoms with Crippen LogP contribution in [0.2, 0.25) is 0 Å². The van der Waals surface area contributed by atoms with Gasteiger partial charge in [-0.1, -0.05) is 13.8 Å². The second-order valence-electron chi connectivity index (χ2n) is 4.49. The second kappa shape index (κ2) is 4.75. The highest BCUT2D eigenvalue weighted by Crippen LogP contribution is 2.16. The third kappa shape index (κ3) is 2.96. The summed E-state index contributed by atoms with van der Waals surface area (Å²) in [5, 5.41) is 3.41. The van der Waals surface area contributed by atoms with Gasteiger partial charge in [0.2, 0.25) is 5.91 Å². The van der Waals surface area contributed by atoms with Crippen molar-refractivity contribution in [1.29, 1.82) is 0 Å². The van der Waals surface area contributed by atoms with Gasteiger partial charge >= 0.3 is 0 Å². The van der Waals surface area contributed by atoms with Gasteiger partial charge in [0.25, 0.3) is 0 Å². The van der Waals surface area contributed by atoms with Crippen LogP contribution in [0.5, 0.6) is 0 Å². The number of likely N-dealkylation sites (tertiary alicyclic amines) is 1. The number of rotatable bonds is 3. The number of amides is 1.